The first-order valence-corrected chi connectivity index (χ1v) is 8.16. The molecule has 0 atom stereocenters. The first-order chi connectivity index (χ1) is 13.1. The van der Waals surface area contributed by atoms with Gasteiger partial charge in [0, 0.05) is 36.0 Å². The summed E-state index contributed by atoms with van der Waals surface area (Å²) >= 11 is 0. The number of aliphatic hydroxyl groups is 1. The third kappa shape index (κ3) is 4.13. The van der Waals surface area contributed by atoms with Gasteiger partial charge in [0.05, 0.1) is 22.8 Å². The lowest BCUT2D eigenvalue weighted by atomic mass is 10.1. The molecule has 0 radical (unpaired) electrons. The molecular weight excluding hydrogens is 348 g/mol. The van der Waals surface area contributed by atoms with Crippen molar-refractivity contribution in [2.45, 2.75) is 0 Å². The van der Waals surface area contributed by atoms with E-state index in [1.54, 1.807) is 6.07 Å². The number of carbonyl (C=O) groups excluding carboxylic acids is 1. The minimum absolute atomic E-state index is 0.0770. The maximum absolute atomic E-state index is 12.4. The monoisotopic (exact) mass is 364 g/mol. The molecule has 1 heterocycles. The van der Waals surface area contributed by atoms with E-state index in [4.69, 9.17) is 5.11 Å². The third-order valence-corrected chi connectivity index (χ3v) is 3.79. The summed E-state index contributed by atoms with van der Waals surface area (Å²) in [6.07, 6.45) is 1.39. The van der Waals surface area contributed by atoms with Gasteiger partial charge in [-0.3, -0.25) is 14.9 Å². The van der Waals surface area contributed by atoms with Gasteiger partial charge in [-0.15, -0.1) is 0 Å². The number of hydrogen-bond acceptors (Lipinski definition) is 6. The van der Waals surface area contributed by atoms with E-state index in [9.17, 15) is 14.9 Å². The fourth-order valence-electron chi connectivity index (χ4n) is 2.53. The second kappa shape index (κ2) is 8.15. The van der Waals surface area contributed by atoms with E-state index >= 15 is 0 Å². The van der Waals surface area contributed by atoms with Gasteiger partial charge in [0.1, 0.15) is 0 Å². The summed E-state index contributed by atoms with van der Waals surface area (Å²) in [6, 6.07) is 15.1. The Morgan fingerprint density at radius 1 is 1.11 bits per heavy atom. The predicted molar refractivity (Wildman–Crippen MR) is 99.0 cm³/mol. The van der Waals surface area contributed by atoms with Crippen LogP contribution in [0.25, 0.3) is 22.6 Å². The number of rotatable bonds is 6. The number of benzene rings is 2. The van der Waals surface area contributed by atoms with Crippen molar-refractivity contribution in [2.24, 2.45) is 0 Å². The molecule has 0 fully saturated rings. The van der Waals surface area contributed by atoms with Gasteiger partial charge < -0.3 is 10.4 Å². The molecule has 0 unspecified atom stereocenters. The van der Waals surface area contributed by atoms with Gasteiger partial charge >= 0.3 is 0 Å². The van der Waals surface area contributed by atoms with Gasteiger partial charge in [-0.05, 0) is 0 Å². The highest BCUT2D eigenvalue weighted by atomic mass is 16.6. The molecule has 3 rings (SSSR count). The van der Waals surface area contributed by atoms with Crippen LogP contribution in [-0.4, -0.2) is 39.1 Å². The number of aliphatic hydroxyl groups excluding tert-OH is 1. The maximum Gasteiger partial charge on any atom is 0.270 e. The Kier molecular flexibility index (Phi) is 5.48. The molecule has 8 nitrogen and oxygen atoms in total. The van der Waals surface area contributed by atoms with Crippen LogP contribution in [0.3, 0.4) is 0 Å². The fourth-order valence-corrected chi connectivity index (χ4v) is 2.53. The van der Waals surface area contributed by atoms with Gasteiger partial charge in [-0.25, -0.2) is 9.97 Å². The van der Waals surface area contributed by atoms with Crippen LogP contribution in [0.5, 0.6) is 0 Å². The van der Waals surface area contributed by atoms with E-state index in [-0.39, 0.29) is 30.1 Å². The van der Waals surface area contributed by atoms with Crippen molar-refractivity contribution in [1.29, 1.82) is 0 Å². The standard InChI is InChI=1S/C19H16N4O4/c24-10-9-20-19(25)16-12-21-18(13-5-2-1-3-6-13)22-17(16)14-7-4-8-15(11-14)23(26)27/h1-8,11-12,24H,9-10H2,(H,20,25). The van der Waals surface area contributed by atoms with Gasteiger partial charge in [-0.1, -0.05) is 42.5 Å². The SMILES string of the molecule is O=C(NCCO)c1cnc(-c2ccccc2)nc1-c1cccc([N+](=O)[O-])c1. The van der Waals surface area contributed by atoms with Crippen molar-refractivity contribution in [3.05, 3.63) is 76.5 Å². The molecule has 0 aliphatic carbocycles. The fraction of sp³-hybridized carbons (Fsp3) is 0.105. The van der Waals surface area contributed by atoms with Crippen LogP contribution in [0.1, 0.15) is 10.4 Å². The van der Waals surface area contributed by atoms with Crippen LogP contribution in [0, 0.1) is 10.1 Å². The molecule has 8 heteroatoms. The molecule has 27 heavy (non-hydrogen) atoms. The number of amides is 1. The van der Waals surface area contributed by atoms with E-state index in [1.165, 1.54) is 24.4 Å². The number of non-ortho nitro benzene ring substituents is 1. The van der Waals surface area contributed by atoms with E-state index in [2.05, 4.69) is 15.3 Å². The summed E-state index contributed by atoms with van der Waals surface area (Å²) in [5.41, 5.74) is 1.53. The third-order valence-electron chi connectivity index (χ3n) is 3.79. The second-order valence-corrected chi connectivity index (χ2v) is 5.61. The summed E-state index contributed by atoms with van der Waals surface area (Å²) in [5.74, 6) is -0.0685. The van der Waals surface area contributed by atoms with Crippen molar-refractivity contribution in [1.82, 2.24) is 15.3 Å². The number of nitro groups is 1. The smallest absolute Gasteiger partial charge is 0.270 e. The number of nitrogens with zero attached hydrogens (tertiary/aromatic N) is 3. The van der Waals surface area contributed by atoms with Crippen LogP contribution in [-0.2, 0) is 0 Å². The molecule has 0 bridgehead atoms. The Morgan fingerprint density at radius 2 is 1.85 bits per heavy atom. The Morgan fingerprint density at radius 3 is 2.56 bits per heavy atom. The molecule has 3 aromatic rings. The zero-order valence-corrected chi connectivity index (χ0v) is 14.2. The molecule has 136 valence electrons. The van der Waals surface area contributed by atoms with E-state index in [0.29, 0.717) is 11.4 Å². The molecule has 0 spiro atoms. The quantitative estimate of drug-likeness (QED) is 0.512. The Bertz CT molecular complexity index is 976. The first-order valence-electron chi connectivity index (χ1n) is 8.16. The topological polar surface area (TPSA) is 118 Å². The zero-order valence-electron chi connectivity index (χ0n) is 14.2. The molecule has 2 aromatic carbocycles. The van der Waals surface area contributed by atoms with E-state index in [1.807, 2.05) is 30.3 Å². The lowest BCUT2D eigenvalue weighted by Crippen LogP contribution is -2.27. The molecule has 0 aliphatic heterocycles. The highest BCUT2D eigenvalue weighted by Crippen LogP contribution is 2.27. The van der Waals surface area contributed by atoms with Crippen molar-refractivity contribution in [2.75, 3.05) is 13.2 Å². The Balaban J connectivity index is 2.13. The van der Waals surface area contributed by atoms with Gasteiger partial charge in [0.25, 0.3) is 11.6 Å². The molecular formula is C19H16N4O4. The molecule has 0 aliphatic rings. The van der Waals surface area contributed by atoms with Gasteiger partial charge in [-0.2, -0.15) is 0 Å². The minimum atomic E-state index is -0.506. The van der Waals surface area contributed by atoms with Crippen LogP contribution in [0.2, 0.25) is 0 Å². The Labute approximate surface area is 154 Å². The molecule has 0 saturated carbocycles. The molecule has 0 saturated heterocycles. The Hall–Kier alpha value is -3.65. The minimum Gasteiger partial charge on any atom is -0.395 e. The van der Waals surface area contributed by atoms with Crippen molar-refractivity contribution in [3.8, 4) is 22.6 Å². The molecule has 1 aromatic heterocycles. The number of nitro benzene ring substituents is 1. The summed E-state index contributed by atoms with van der Waals surface area (Å²) in [5, 5.41) is 22.6. The van der Waals surface area contributed by atoms with Crippen LogP contribution < -0.4 is 5.32 Å². The van der Waals surface area contributed by atoms with Crippen LogP contribution in [0.4, 0.5) is 5.69 Å². The molecule has 2 N–H and O–H groups in total. The van der Waals surface area contributed by atoms with Crippen molar-refractivity contribution in [3.63, 3.8) is 0 Å². The van der Waals surface area contributed by atoms with Crippen LogP contribution >= 0.6 is 0 Å². The number of aromatic nitrogens is 2. The normalized spacial score (nSPS) is 10.4. The van der Waals surface area contributed by atoms with Crippen molar-refractivity contribution < 1.29 is 14.8 Å². The maximum atomic E-state index is 12.4. The predicted octanol–water partition coefficient (Wildman–Crippen LogP) is 2.44. The largest absolute Gasteiger partial charge is 0.395 e. The highest BCUT2D eigenvalue weighted by Gasteiger charge is 2.18. The zero-order chi connectivity index (χ0) is 19.2. The second-order valence-electron chi connectivity index (χ2n) is 5.61. The van der Waals surface area contributed by atoms with E-state index in [0.717, 1.165) is 5.56 Å². The lowest BCUT2D eigenvalue weighted by molar-refractivity contribution is -0.384. The number of carbonyl (C=O) groups is 1. The van der Waals surface area contributed by atoms with Gasteiger partial charge in [0.2, 0.25) is 0 Å². The summed E-state index contributed by atoms with van der Waals surface area (Å²) in [4.78, 5) is 31.8. The number of hydrogen-bond donors (Lipinski definition) is 2. The van der Waals surface area contributed by atoms with Gasteiger partial charge in [0.15, 0.2) is 5.82 Å². The first kappa shape index (κ1) is 18.2. The summed E-state index contributed by atoms with van der Waals surface area (Å²) in [6.45, 7) is -0.130. The van der Waals surface area contributed by atoms with Crippen molar-refractivity contribution >= 4 is 11.6 Å². The summed E-state index contributed by atoms with van der Waals surface area (Å²) < 4.78 is 0. The highest BCUT2D eigenvalue weighted by molar-refractivity contribution is 6.00. The average molecular weight is 364 g/mol. The van der Waals surface area contributed by atoms with Crippen LogP contribution in [0.15, 0.2) is 60.8 Å². The lowest BCUT2D eigenvalue weighted by Gasteiger charge is -2.11. The average Bonchev–Trinajstić information content (AvgIpc) is 2.72. The molecule has 1 amide bonds. The number of nitrogens with one attached hydrogen (secondary N) is 1. The van der Waals surface area contributed by atoms with E-state index < -0.39 is 10.8 Å². The summed E-state index contributed by atoms with van der Waals surface area (Å²) in [7, 11) is 0.